The first-order valence-corrected chi connectivity index (χ1v) is 15.8. The molecule has 0 aliphatic carbocycles. The minimum Gasteiger partial charge on any atom is -0.508 e. The van der Waals surface area contributed by atoms with Crippen LogP contribution < -0.4 is 15.6 Å². The number of allylic oxidation sites excluding steroid dienone is 1. The number of nitriles is 1. The molecule has 0 radical (unpaired) electrons. The number of benzene rings is 2. The van der Waals surface area contributed by atoms with Crippen LogP contribution in [-0.2, 0) is 30.9 Å². The van der Waals surface area contributed by atoms with Crippen LogP contribution in [0.4, 0.5) is 10.5 Å². The molecule has 4 atom stereocenters. The van der Waals surface area contributed by atoms with Gasteiger partial charge >= 0.3 is 12.1 Å². The second kappa shape index (κ2) is 13.0. The lowest BCUT2D eigenvalue weighted by molar-refractivity contribution is -0.153. The van der Waals surface area contributed by atoms with Gasteiger partial charge in [-0.25, -0.2) is 10.2 Å². The number of esters is 1. The van der Waals surface area contributed by atoms with Gasteiger partial charge in [0.05, 0.1) is 12.7 Å². The molecule has 2 amide bonds. The fourth-order valence-corrected chi connectivity index (χ4v) is 6.45. The molecule has 11 nitrogen and oxygen atoms in total. The summed E-state index contributed by atoms with van der Waals surface area (Å²) in [4.78, 5) is 42.2. The molecule has 3 N–H and O–H groups in total. The molecule has 3 aliphatic rings. The zero-order valence-electron chi connectivity index (χ0n) is 27.1. The Labute approximate surface area is 270 Å². The lowest BCUT2D eigenvalue weighted by Gasteiger charge is -2.35. The number of amides is 2. The summed E-state index contributed by atoms with van der Waals surface area (Å²) in [5, 5.41) is 24.2. The van der Waals surface area contributed by atoms with Crippen molar-refractivity contribution in [2.75, 3.05) is 31.1 Å². The topological polar surface area (TPSA) is 144 Å². The number of carbonyl (C=O) groups excluding carboxylic acids is 3. The lowest BCUT2D eigenvalue weighted by atomic mass is 9.83. The minimum atomic E-state index is -1.05. The van der Waals surface area contributed by atoms with E-state index in [1.807, 2.05) is 25.1 Å². The van der Waals surface area contributed by atoms with E-state index in [-0.39, 0.29) is 24.7 Å². The Bertz CT molecular complexity index is 1580. The second-order valence-electron chi connectivity index (χ2n) is 13.8. The average Bonchev–Trinajstić information content (AvgIpc) is 3.27. The number of fused-ring (bicyclic) bond motifs is 6. The van der Waals surface area contributed by atoms with Gasteiger partial charge in [0.2, 0.25) is 0 Å². The molecule has 1 fully saturated rings. The maximum absolute atomic E-state index is 13.9. The summed E-state index contributed by atoms with van der Waals surface area (Å²) in [6, 6.07) is 11.6. The average molecular weight is 630 g/mol. The molecule has 46 heavy (non-hydrogen) atoms. The van der Waals surface area contributed by atoms with Gasteiger partial charge in [-0.05, 0) is 74.1 Å². The number of aromatic hydroxyl groups is 1. The van der Waals surface area contributed by atoms with Crippen molar-refractivity contribution in [3.05, 3.63) is 59.7 Å². The predicted octanol–water partition coefficient (Wildman–Crippen LogP) is 4.34. The van der Waals surface area contributed by atoms with E-state index < -0.39 is 41.1 Å². The van der Waals surface area contributed by atoms with Gasteiger partial charge in [0.1, 0.15) is 23.4 Å². The number of hydrogen-bond acceptors (Lipinski definition) is 9. The lowest BCUT2D eigenvalue weighted by Crippen LogP contribution is -2.60. The van der Waals surface area contributed by atoms with Gasteiger partial charge in [-0.15, -0.1) is 0 Å². The van der Waals surface area contributed by atoms with Crippen LogP contribution in [0.3, 0.4) is 0 Å². The van der Waals surface area contributed by atoms with Crippen LogP contribution >= 0.6 is 0 Å². The predicted molar refractivity (Wildman–Crippen MR) is 173 cm³/mol. The van der Waals surface area contributed by atoms with Crippen LogP contribution in [0.2, 0.25) is 0 Å². The Morgan fingerprint density at radius 2 is 2.00 bits per heavy atom. The van der Waals surface area contributed by atoms with Crippen molar-refractivity contribution >= 4 is 23.7 Å². The third kappa shape index (κ3) is 7.45. The fraction of sp³-hybridized carbons (Fsp3) is 0.486. The Morgan fingerprint density at radius 1 is 1.22 bits per heavy atom. The molecular weight excluding hydrogens is 586 g/mol. The van der Waals surface area contributed by atoms with Crippen LogP contribution in [0.1, 0.15) is 58.6 Å². The smallest absolute Gasteiger partial charge is 0.408 e. The monoisotopic (exact) mass is 629 g/mol. The SMILES string of the molecule is C[C@@H]1COC(=O)[C@@H]2CCCN(N2)C(=O)C(NC(=O)OC(C)(C)C)Cc2cc(O)cc(c2)-c2ccc3c(c2)N(C1)CC3(C)/C=C/C#N. The van der Waals surface area contributed by atoms with Crippen molar-refractivity contribution in [2.24, 2.45) is 5.92 Å². The molecule has 2 aromatic carbocycles. The first-order valence-electron chi connectivity index (χ1n) is 15.8. The highest BCUT2D eigenvalue weighted by Crippen LogP contribution is 2.44. The highest BCUT2D eigenvalue weighted by atomic mass is 16.6. The van der Waals surface area contributed by atoms with Crippen LogP contribution in [0.5, 0.6) is 5.75 Å². The van der Waals surface area contributed by atoms with E-state index in [1.54, 1.807) is 32.9 Å². The Hall–Kier alpha value is -4.56. The second-order valence-corrected chi connectivity index (χ2v) is 13.8. The Kier molecular flexibility index (Phi) is 9.31. The van der Waals surface area contributed by atoms with Crippen LogP contribution in [0.25, 0.3) is 11.1 Å². The van der Waals surface area contributed by atoms with Crippen molar-refractivity contribution in [1.82, 2.24) is 15.8 Å². The molecule has 0 saturated carbocycles. The van der Waals surface area contributed by atoms with E-state index in [1.165, 1.54) is 11.1 Å². The summed E-state index contributed by atoms with van der Waals surface area (Å²) in [6.45, 7) is 11.1. The number of anilines is 1. The van der Waals surface area contributed by atoms with Crippen molar-refractivity contribution < 1.29 is 29.0 Å². The Morgan fingerprint density at radius 3 is 2.74 bits per heavy atom. The number of ether oxygens (including phenoxy) is 2. The van der Waals surface area contributed by atoms with Crippen LogP contribution in [0, 0.1) is 17.2 Å². The number of rotatable bonds is 2. The zero-order chi connectivity index (χ0) is 33.2. The minimum absolute atomic E-state index is 0.0160. The number of cyclic esters (lactones) is 1. The molecule has 5 rings (SSSR count). The standard InChI is InChI=1S/C35H43N5O6/c1-22-19-39-21-35(5,11-7-12-36)27-10-9-24(18-30(27)39)25-14-23(15-26(41)17-25)16-29(37-33(44)46-34(2,3)4)31(42)40-13-6-8-28(38-40)32(43)45-20-22/h7,9-11,14-15,17-18,22,28-29,38,41H,6,8,13,16,19-21H2,1-5H3,(H,37,44)/b11-7+/t22-,28-,29?,35?/m0/s1. The maximum atomic E-state index is 13.9. The van der Waals surface area contributed by atoms with E-state index in [4.69, 9.17) is 9.47 Å². The number of carbonyl (C=O) groups is 3. The summed E-state index contributed by atoms with van der Waals surface area (Å²) >= 11 is 0. The molecule has 244 valence electrons. The third-order valence-electron chi connectivity index (χ3n) is 8.52. The van der Waals surface area contributed by atoms with Gasteiger partial charge in [-0.2, -0.15) is 5.26 Å². The van der Waals surface area contributed by atoms with E-state index >= 15 is 0 Å². The number of hydrogen-bond donors (Lipinski definition) is 3. The summed E-state index contributed by atoms with van der Waals surface area (Å²) in [6.07, 6.45) is 3.83. The quantitative estimate of drug-likeness (QED) is 0.326. The van der Waals surface area contributed by atoms with Gasteiger partial charge < -0.3 is 24.8 Å². The summed E-state index contributed by atoms with van der Waals surface area (Å²) in [5.74, 6) is -0.860. The van der Waals surface area contributed by atoms with E-state index in [2.05, 4.69) is 40.8 Å². The molecule has 3 heterocycles. The normalized spacial score (nSPS) is 25.3. The highest BCUT2D eigenvalue weighted by molar-refractivity contribution is 5.87. The van der Waals surface area contributed by atoms with Crippen LogP contribution in [0.15, 0.2) is 48.6 Å². The van der Waals surface area contributed by atoms with E-state index in [0.29, 0.717) is 38.0 Å². The van der Waals surface area contributed by atoms with Crippen molar-refractivity contribution in [3.8, 4) is 22.9 Å². The molecule has 0 aromatic heterocycles. The molecule has 3 aliphatic heterocycles. The molecule has 1 saturated heterocycles. The van der Waals surface area contributed by atoms with Gasteiger partial charge in [0, 0.05) is 49.2 Å². The number of hydrazine groups is 1. The summed E-state index contributed by atoms with van der Waals surface area (Å²) in [5.41, 5.74) is 6.15. The molecule has 0 spiro atoms. The number of nitrogens with one attached hydrogen (secondary N) is 2. The van der Waals surface area contributed by atoms with Crippen molar-refractivity contribution in [2.45, 2.75) is 77.0 Å². The maximum Gasteiger partial charge on any atom is 0.408 e. The molecular formula is C35H43N5O6. The zero-order valence-corrected chi connectivity index (χ0v) is 27.1. The number of phenolic OH excluding ortho intramolecular Hbond substituents is 1. The molecule has 11 heteroatoms. The first-order chi connectivity index (χ1) is 21.7. The molecule has 2 unspecified atom stereocenters. The van der Waals surface area contributed by atoms with Crippen molar-refractivity contribution in [1.29, 1.82) is 5.26 Å². The van der Waals surface area contributed by atoms with Gasteiger partial charge in [0.25, 0.3) is 5.91 Å². The van der Waals surface area contributed by atoms with Crippen molar-refractivity contribution in [3.63, 3.8) is 0 Å². The number of phenols is 1. The Balaban J connectivity index is 1.57. The fourth-order valence-electron chi connectivity index (χ4n) is 6.45. The summed E-state index contributed by atoms with van der Waals surface area (Å²) < 4.78 is 11.2. The van der Waals surface area contributed by atoms with Gasteiger partial charge in [0.15, 0.2) is 0 Å². The van der Waals surface area contributed by atoms with E-state index in [0.717, 1.165) is 22.4 Å². The number of nitrogens with zero attached hydrogens (tertiary/aromatic N) is 3. The van der Waals surface area contributed by atoms with E-state index in [9.17, 15) is 24.8 Å². The number of alkyl carbamates (subject to hydrolysis) is 1. The van der Waals surface area contributed by atoms with Gasteiger partial charge in [-0.1, -0.05) is 38.1 Å². The van der Waals surface area contributed by atoms with Crippen LogP contribution in [-0.4, -0.2) is 72.0 Å². The molecule has 6 bridgehead atoms. The highest BCUT2D eigenvalue weighted by Gasteiger charge is 2.38. The third-order valence-corrected chi connectivity index (χ3v) is 8.52. The first kappa shape index (κ1) is 32.8. The summed E-state index contributed by atoms with van der Waals surface area (Å²) in [7, 11) is 0. The largest absolute Gasteiger partial charge is 0.508 e. The van der Waals surface area contributed by atoms with Gasteiger partial charge in [-0.3, -0.25) is 14.6 Å². The molecule has 2 aromatic rings.